The summed E-state index contributed by atoms with van der Waals surface area (Å²) in [5, 5.41) is 3.10. The van der Waals surface area contributed by atoms with E-state index in [1.165, 1.54) is 25.4 Å². The first kappa shape index (κ1) is 16.7. The van der Waals surface area contributed by atoms with Crippen LogP contribution in [0.1, 0.15) is 16.9 Å². The minimum Gasteiger partial charge on any atom is -0.495 e. The summed E-state index contributed by atoms with van der Waals surface area (Å²) in [5.74, 6) is 0.0655. The van der Waals surface area contributed by atoms with E-state index in [2.05, 4.69) is 10.0 Å². The van der Waals surface area contributed by atoms with Crippen molar-refractivity contribution in [3.05, 3.63) is 41.2 Å². The van der Waals surface area contributed by atoms with E-state index < -0.39 is 10.0 Å². The molecule has 0 spiro atoms. The van der Waals surface area contributed by atoms with Gasteiger partial charge in [0.25, 0.3) is 15.9 Å². The topological polar surface area (TPSA) is 89.4 Å². The third kappa shape index (κ3) is 3.20. The average Bonchev–Trinajstić information content (AvgIpc) is 2.89. The zero-order valence-corrected chi connectivity index (χ0v) is 14.4. The molecule has 24 heavy (non-hydrogen) atoms. The van der Waals surface area contributed by atoms with Crippen LogP contribution in [0.3, 0.4) is 0 Å². The molecular formula is C15H16ClN3O4S. The highest BCUT2D eigenvalue weighted by Crippen LogP contribution is 2.30. The number of aryl methyl sites for hydroxylation is 1. The van der Waals surface area contributed by atoms with Crippen molar-refractivity contribution in [3.63, 3.8) is 0 Å². The number of anilines is 1. The van der Waals surface area contributed by atoms with Crippen molar-refractivity contribution in [2.45, 2.75) is 17.9 Å². The minimum absolute atomic E-state index is 0.0107. The summed E-state index contributed by atoms with van der Waals surface area (Å²) in [6.07, 6.45) is 2.20. The van der Waals surface area contributed by atoms with Crippen LogP contribution < -0.4 is 14.8 Å². The molecule has 9 heteroatoms. The number of fused-ring (bicyclic) bond motifs is 1. The van der Waals surface area contributed by atoms with Crippen molar-refractivity contribution < 1.29 is 17.9 Å². The molecule has 0 unspecified atom stereocenters. The maximum atomic E-state index is 12.6. The molecule has 2 N–H and O–H groups in total. The molecule has 0 saturated heterocycles. The van der Waals surface area contributed by atoms with Gasteiger partial charge in [0, 0.05) is 24.3 Å². The van der Waals surface area contributed by atoms with Crippen LogP contribution in [0, 0.1) is 0 Å². The van der Waals surface area contributed by atoms with Gasteiger partial charge >= 0.3 is 0 Å². The first-order valence-corrected chi connectivity index (χ1v) is 9.11. The highest BCUT2D eigenvalue weighted by atomic mass is 35.5. The quantitative estimate of drug-likeness (QED) is 0.863. The Labute approximate surface area is 144 Å². The Hall–Kier alpha value is -2.19. The molecule has 0 radical (unpaired) electrons. The number of carbonyl (C=O) groups is 1. The van der Waals surface area contributed by atoms with Crippen molar-refractivity contribution in [1.82, 2.24) is 9.88 Å². The molecule has 2 heterocycles. The summed E-state index contributed by atoms with van der Waals surface area (Å²) in [5.41, 5.74) is 0.557. The molecule has 7 nitrogen and oxygen atoms in total. The number of aromatic nitrogens is 1. The molecule has 1 aromatic heterocycles. The number of benzene rings is 1. The van der Waals surface area contributed by atoms with Crippen molar-refractivity contribution >= 4 is 33.2 Å². The highest BCUT2D eigenvalue weighted by molar-refractivity contribution is 7.92. The predicted molar refractivity (Wildman–Crippen MR) is 90.2 cm³/mol. The summed E-state index contributed by atoms with van der Waals surface area (Å²) in [6, 6.07) is 6.00. The molecule has 0 aliphatic carbocycles. The molecule has 1 amide bonds. The van der Waals surface area contributed by atoms with E-state index >= 15 is 0 Å². The average molecular weight is 370 g/mol. The van der Waals surface area contributed by atoms with Crippen molar-refractivity contribution in [2.75, 3.05) is 18.4 Å². The monoisotopic (exact) mass is 369 g/mol. The molecular weight excluding hydrogens is 354 g/mol. The van der Waals surface area contributed by atoms with Gasteiger partial charge in [0.05, 0.1) is 12.8 Å². The van der Waals surface area contributed by atoms with E-state index in [9.17, 15) is 13.2 Å². The fraction of sp³-hybridized carbons (Fsp3) is 0.267. The van der Waals surface area contributed by atoms with Crippen molar-refractivity contribution in [3.8, 4) is 5.75 Å². The smallest absolute Gasteiger partial charge is 0.267 e. The zero-order chi connectivity index (χ0) is 17.3. The van der Waals surface area contributed by atoms with Crippen LogP contribution in [0.25, 0.3) is 0 Å². The van der Waals surface area contributed by atoms with E-state index in [-0.39, 0.29) is 16.5 Å². The Balaban J connectivity index is 1.96. The number of halogens is 1. The van der Waals surface area contributed by atoms with E-state index in [0.717, 1.165) is 6.42 Å². The summed E-state index contributed by atoms with van der Waals surface area (Å²) in [4.78, 5) is 12.0. The van der Waals surface area contributed by atoms with E-state index in [4.69, 9.17) is 16.3 Å². The first-order valence-electron chi connectivity index (χ1n) is 7.25. The van der Waals surface area contributed by atoms with Gasteiger partial charge in [-0.2, -0.15) is 0 Å². The summed E-state index contributed by atoms with van der Waals surface area (Å²) in [7, 11) is -2.45. The lowest BCUT2D eigenvalue weighted by atomic mass is 10.3. The van der Waals surface area contributed by atoms with Gasteiger partial charge in [0.1, 0.15) is 16.3 Å². The van der Waals surface area contributed by atoms with Crippen LogP contribution in [0.4, 0.5) is 5.69 Å². The highest BCUT2D eigenvalue weighted by Gasteiger charge is 2.24. The number of carbonyl (C=O) groups excluding carboxylic acids is 1. The largest absolute Gasteiger partial charge is 0.495 e. The SMILES string of the molecule is COc1ccc(Cl)cc1NS(=O)(=O)c1cc2n(c1)CCCNC2=O. The number of sulfonamides is 1. The van der Waals surface area contributed by atoms with Crippen LogP contribution >= 0.6 is 11.6 Å². The Morgan fingerprint density at radius 1 is 1.33 bits per heavy atom. The number of methoxy groups -OCH3 is 1. The number of ether oxygens (including phenoxy) is 1. The number of rotatable bonds is 4. The van der Waals surface area contributed by atoms with Gasteiger partial charge in [-0.15, -0.1) is 0 Å². The van der Waals surface area contributed by atoms with E-state index in [1.807, 2.05) is 0 Å². The molecule has 1 aliphatic rings. The van der Waals surface area contributed by atoms with Crippen LogP contribution in [0.5, 0.6) is 5.75 Å². The van der Waals surface area contributed by atoms with Crippen molar-refractivity contribution in [1.29, 1.82) is 0 Å². The molecule has 0 fully saturated rings. The van der Waals surface area contributed by atoms with Crippen LogP contribution in [0.2, 0.25) is 5.02 Å². The summed E-state index contributed by atoms with van der Waals surface area (Å²) in [6.45, 7) is 1.14. The maximum absolute atomic E-state index is 12.6. The lowest BCUT2D eigenvalue weighted by Crippen LogP contribution is -2.22. The Morgan fingerprint density at radius 3 is 2.88 bits per heavy atom. The lowest BCUT2D eigenvalue weighted by Gasteiger charge is -2.11. The zero-order valence-electron chi connectivity index (χ0n) is 12.9. The number of nitrogens with zero attached hydrogens (tertiary/aromatic N) is 1. The first-order chi connectivity index (χ1) is 11.4. The van der Waals surface area contributed by atoms with Crippen molar-refractivity contribution in [2.24, 2.45) is 0 Å². The van der Waals surface area contributed by atoms with Gasteiger partial charge in [0.15, 0.2) is 0 Å². The van der Waals surface area contributed by atoms with E-state index in [0.29, 0.717) is 29.6 Å². The molecule has 1 aromatic carbocycles. The number of nitrogens with one attached hydrogen (secondary N) is 2. The minimum atomic E-state index is -3.88. The number of amides is 1. The molecule has 2 aromatic rings. The molecule has 3 rings (SSSR count). The molecule has 1 aliphatic heterocycles. The Kier molecular flexibility index (Phi) is 4.42. The van der Waals surface area contributed by atoms with Gasteiger partial charge in [-0.05, 0) is 30.7 Å². The van der Waals surface area contributed by atoms with E-state index in [1.54, 1.807) is 16.7 Å². The van der Waals surface area contributed by atoms with Gasteiger partial charge in [-0.1, -0.05) is 11.6 Å². The maximum Gasteiger partial charge on any atom is 0.267 e. The predicted octanol–water partition coefficient (Wildman–Crippen LogP) is 2.08. The number of hydrogen-bond donors (Lipinski definition) is 2. The third-order valence-electron chi connectivity index (χ3n) is 3.68. The fourth-order valence-electron chi connectivity index (χ4n) is 2.51. The summed E-state index contributed by atoms with van der Waals surface area (Å²) < 4.78 is 34.5. The van der Waals surface area contributed by atoms with Gasteiger partial charge in [0.2, 0.25) is 0 Å². The van der Waals surface area contributed by atoms with Gasteiger partial charge < -0.3 is 14.6 Å². The second-order valence-electron chi connectivity index (χ2n) is 5.31. The molecule has 0 bridgehead atoms. The molecule has 128 valence electrons. The molecule has 0 saturated carbocycles. The number of hydrogen-bond acceptors (Lipinski definition) is 4. The second kappa shape index (κ2) is 6.37. The Bertz CT molecular complexity index is 892. The normalized spacial score (nSPS) is 14.5. The third-order valence-corrected chi connectivity index (χ3v) is 5.25. The second-order valence-corrected chi connectivity index (χ2v) is 7.43. The fourth-order valence-corrected chi connectivity index (χ4v) is 3.78. The molecule has 0 atom stereocenters. The Morgan fingerprint density at radius 2 is 2.12 bits per heavy atom. The van der Waals surface area contributed by atoms with Gasteiger partial charge in [-0.3, -0.25) is 9.52 Å². The van der Waals surface area contributed by atoms with Gasteiger partial charge in [-0.25, -0.2) is 8.42 Å². The lowest BCUT2D eigenvalue weighted by molar-refractivity contribution is 0.0951. The van der Waals surface area contributed by atoms with Crippen LogP contribution in [-0.4, -0.2) is 32.5 Å². The van der Waals surface area contributed by atoms with Crippen LogP contribution in [-0.2, 0) is 16.6 Å². The standard InChI is InChI=1S/C15H16ClN3O4S/c1-23-14-4-3-10(16)7-12(14)18-24(21,22)11-8-13-15(20)17-5-2-6-19(13)9-11/h3-4,7-9,18H,2,5-6H2,1H3,(H,17,20). The summed E-state index contributed by atoms with van der Waals surface area (Å²) >= 11 is 5.92. The van der Waals surface area contributed by atoms with Crippen LogP contribution in [0.15, 0.2) is 35.4 Å².